The van der Waals surface area contributed by atoms with E-state index in [4.69, 9.17) is 0 Å². The largest absolute Gasteiger partial charge is 0.352 e. The van der Waals surface area contributed by atoms with E-state index < -0.39 is 0 Å². The highest BCUT2D eigenvalue weighted by Gasteiger charge is 2.28. The third-order valence-electron chi connectivity index (χ3n) is 4.77. The van der Waals surface area contributed by atoms with Crippen LogP contribution >= 0.6 is 0 Å². The molecule has 6 nitrogen and oxygen atoms in total. The number of carbonyl (C=O) groups excluding carboxylic acids is 3. The molecule has 3 amide bonds. The van der Waals surface area contributed by atoms with E-state index in [2.05, 4.69) is 10.6 Å². The molecule has 2 N–H and O–H groups in total. The summed E-state index contributed by atoms with van der Waals surface area (Å²) in [6.45, 7) is 9.64. The highest BCUT2D eigenvalue weighted by molar-refractivity contribution is 6.04. The van der Waals surface area contributed by atoms with E-state index >= 15 is 0 Å². The minimum atomic E-state index is -0.183. The second-order valence-electron chi connectivity index (χ2n) is 7.89. The second-order valence-corrected chi connectivity index (χ2v) is 7.89. The molecule has 1 fully saturated rings. The normalized spacial score (nSPS) is 15.1. The van der Waals surface area contributed by atoms with Gasteiger partial charge in [-0.3, -0.25) is 14.4 Å². The van der Waals surface area contributed by atoms with E-state index in [0.29, 0.717) is 49.6 Å². The first-order valence-electron chi connectivity index (χ1n) is 9.76. The average Bonchev–Trinajstić information content (AvgIpc) is 2.65. The third-order valence-corrected chi connectivity index (χ3v) is 4.77. The van der Waals surface area contributed by atoms with Gasteiger partial charge in [0.2, 0.25) is 11.8 Å². The summed E-state index contributed by atoms with van der Waals surface area (Å²) in [5, 5.41) is 5.80. The number of rotatable bonds is 6. The molecule has 1 saturated heterocycles. The summed E-state index contributed by atoms with van der Waals surface area (Å²) in [4.78, 5) is 39.0. The first-order chi connectivity index (χ1) is 12.8. The van der Waals surface area contributed by atoms with Crippen molar-refractivity contribution in [3.63, 3.8) is 0 Å². The summed E-state index contributed by atoms with van der Waals surface area (Å²) >= 11 is 0. The van der Waals surface area contributed by atoms with Crippen LogP contribution in [0, 0.1) is 17.8 Å². The van der Waals surface area contributed by atoms with E-state index in [-0.39, 0.29) is 29.6 Å². The number of likely N-dealkylation sites (tertiary alicyclic amines) is 1. The van der Waals surface area contributed by atoms with Crippen LogP contribution in [0.25, 0.3) is 0 Å². The van der Waals surface area contributed by atoms with Crippen molar-refractivity contribution >= 4 is 23.4 Å². The van der Waals surface area contributed by atoms with Crippen LogP contribution in [0.1, 0.15) is 50.9 Å². The summed E-state index contributed by atoms with van der Waals surface area (Å²) in [6, 6.07) is 7.06. The molecular weight excluding hydrogens is 342 g/mol. The first kappa shape index (κ1) is 20.9. The number of carbonyl (C=O) groups is 3. The van der Waals surface area contributed by atoms with Crippen molar-refractivity contribution in [1.29, 1.82) is 0 Å². The van der Waals surface area contributed by atoms with Crippen molar-refractivity contribution in [1.82, 2.24) is 10.2 Å². The smallest absolute Gasteiger partial charge is 0.253 e. The number of nitrogens with zero attached hydrogens (tertiary/aromatic N) is 1. The lowest BCUT2D eigenvalue weighted by molar-refractivity contribution is -0.137. The van der Waals surface area contributed by atoms with Gasteiger partial charge < -0.3 is 15.5 Å². The molecule has 1 aliphatic rings. The fourth-order valence-electron chi connectivity index (χ4n) is 3.14. The second kappa shape index (κ2) is 9.53. The molecule has 1 aromatic rings. The minimum Gasteiger partial charge on any atom is -0.352 e. The van der Waals surface area contributed by atoms with E-state index in [1.807, 2.05) is 32.6 Å². The van der Waals surface area contributed by atoms with Gasteiger partial charge >= 0.3 is 0 Å². The Labute approximate surface area is 161 Å². The number of hydrogen-bond acceptors (Lipinski definition) is 3. The molecule has 6 heteroatoms. The molecule has 0 aliphatic carbocycles. The Balaban J connectivity index is 1.97. The first-order valence-corrected chi connectivity index (χ1v) is 9.76. The van der Waals surface area contributed by atoms with E-state index in [1.165, 1.54) is 0 Å². The zero-order chi connectivity index (χ0) is 20.0. The van der Waals surface area contributed by atoms with Crippen LogP contribution in [-0.4, -0.2) is 42.3 Å². The van der Waals surface area contributed by atoms with Crippen LogP contribution in [0.4, 0.5) is 5.69 Å². The maximum atomic E-state index is 12.7. The molecule has 0 bridgehead atoms. The summed E-state index contributed by atoms with van der Waals surface area (Å²) in [6.07, 6.45) is 1.29. The number of para-hydroxylation sites is 1. The zero-order valence-electron chi connectivity index (χ0n) is 16.7. The lowest BCUT2D eigenvalue weighted by Crippen LogP contribution is -2.43. The highest BCUT2D eigenvalue weighted by Crippen LogP contribution is 2.22. The summed E-state index contributed by atoms with van der Waals surface area (Å²) < 4.78 is 0. The lowest BCUT2D eigenvalue weighted by Gasteiger charge is -2.32. The molecule has 0 aromatic heterocycles. The quantitative estimate of drug-likeness (QED) is 0.805. The Morgan fingerprint density at radius 2 is 1.70 bits per heavy atom. The van der Waals surface area contributed by atoms with Crippen LogP contribution in [0.5, 0.6) is 0 Å². The number of anilines is 1. The molecular formula is C21H31N3O3. The standard InChI is InChI=1S/C21H31N3O3/c1-14(2)13-22-20(26)17-7-5-6-8-18(17)23-19(25)16-9-11-24(12-10-16)21(27)15(3)4/h5-8,14-16H,9-13H2,1-4H3,(H,22,26)(H,23,25). The number of hydrogen-bond donors (Lipinski definition) is 2. The van der Waals surface area contributed by atoms with E-state index in [0.717, 1.165) is 0 Å². The van der Waals surface area contributed by atoms with Gasteiger partial charge in [0.05, 0.1) is 11.3 Å². The zero-order valence-corrected chi connectivity index (χ0v) is 16.7. The van der Waals surface area contributed by atoms with Gasteiger partial charge in [0.15, 0.2) is 0 Å². The average molecular weight is 373 g/mol. The number of piperidine rings is 1. The van der Waals surface area contributed by atoms with Gasteiger partial charge in [-0.1, -0.05) is 39.8 Å². The van der Waals surface area contributed by atoms with Crippen LogP contribution in [0.3, 0.4) is 0 Å². The summed E-state index contributed by atoms with van der Waals surface area (Å²) in [7, 11) is 0. The van der Waals surface area contributed by atoms with Gasteiger partial charge in [-0.2, -0.15) is 0 Å². The molecule has 0 spiro atoms. The van der Waals surface area contributed by atoms with Gasteiger partial charge in [0, 0.05) is 31.5 Å². The Hall–Kier alpha value is -2.37. The van der Waals surface area contributed by atoms with Crippen LogP contribution in [0.15, 0.2) is 24.3 Å². The monoisotopic (exact) mass is 373 g/mol. The van der Waals surface area contributed by atoms with E-state index in [1.54, 1.807) is 24.3 Å². The molecule has 148 valence electrons. The topological polar surface area (TPSA) is 78.5 Å². The van der Waals surface area contributed by atoms with Gasteiger partial charge in [-0.05, 0) is 30.9 Å². The summed E-state index contributed by atoms with van der Waals surface area (Å²) in [5.74, 6) is 0.0581. The predicted molar refractivity (Wildman–Crippen MR) is 106 cm³/mol. The summed E-state index contributed by atoms with van der Waals surface area (Å²) in [5.41, 5.74) is 1.00. The molecule has 27 heavy (non-hydrogen) atoms. The van der Waals surface area contributed by atoms with Crippen LogP contribution in [-0.2, 0) is 9.59 Å². The third kappa shape index (κ3) is 5.81. The number of benzene rings is 1. The SMILES string of the molecule is CC(C)CNC(=O)c1ccccc1NC(=O)C1CCN(C(=O)C(C)C)CC1. The fourth-order valence-corrected chi connectivity index (χ4v) is 3.14. The maximum absolute atomic E-state index is 12.7. The molecule has 2 rings (SSSR count). The molecule has 0 radical (unpaired) electrons. The van der Waals surface area contributed by atoms with Crippen LogP contribution in [0.2, 0.25) is 0 Å². The maximum Gasteiger partial charge on any atom is 0.253 e. The molecule has 0 unspecified atom stereocenters. The Kier molecular flexibility index (Phi) is 7.39. The molecule has 0 atom stereocenters. The van der Waals surface area contributed by atoms with Gasteiger partial charge in [0.1, 0.15) is 0 Å². The van der Waals surface area contributed by atoms with Crippen molar-refractivity contribution < 1.29 is 14.4 Å². The highest BCUT2D eigenvalue weighted by atomic mass is 16.2. The van der Waals surface area contributed by atoms with Crippen molar-refractivity contribution in [2.75, 3.05) is 25.0 Å². The molecule has 1 heterocycles. The lowest BCUT2D eigenvalue weighted by atomic mass is 9.95. The van der Waals surface area contributed by atoms with Crippen molar-refractivity contribution in [3.8, 4) is 0 Å². The fraction of sp³-hybridized carbons (Fsp3) is 0.571. The molecule has 1 aliphatic heterocycles. The van der Waals surface area contributed by atoms with Gasteiger partial charge in [-0.15, -0.1) is 0 Å². The van der Waals surface area contributed by atoms with Crippen molar-refractivity contribution in [3.05, 3.63) is 29.8 Å². The van der Waals surface area contributed by atoms with Crippen LogP contribution < -0.4 is 10.6 Å². The Morgan fingerprint density at radius 1 is 1.07 bits per heavy atom. The molecule has 1 aromatic carbocycles. The number of nitrogens with one attached hydrogen (secondary N) is 2. The van der Waals surface area contributed by atoms with Gasteiger partial charge in [0.25, 0.3) is 5.91 Å². The van der Waals surface area contributed by atoms with Gasteiger partial charge in [-0.25, -0.2) is 0 Å². The van der Waals surface area contributed by atoms with Crippen molar-refractivity contribution in [2.45, 2.75) is 40.5 Å². The van der Waals surface area contributed by atoms with Crippen molar-refractivity contribution in [2.24, 2.45) is 17.8 Å². The minimum absolute atomic E-state index is 0.0217. The Morgan fingerprint density at radius 3 is 2.30 bits per heavy atom. The van der Waals surface area contributed by atoms with E-state index in [9.17, 15) is 14.4 Å². The Bertz CT molecular complexity index is 677. The molecule has 0 saturated carbocycles. The number of amides is 3. The predicted octanol–water partition coefficient (Wildman–Crippen LogP) is 2.91.